The number of hydrogen-bond donors (Lipinski definition) is 1. The van der Waals surface area contributed by atoms with Crippen LogP contribution in [-0.2, 0) is 19.1 Å². The minimum Gasteiger partial charge on any atom is -0.459 e. The Morgan fingerprint density at radius 2 is 1.89 bits per heavy atom. The van der Waals surface area contributed by atoms with Crippen LogP contribution >= 0.6 is 0 Å². The molecule has 0 aliphatic heterocycles. The molecular weight excluding hydrogens is 234 g/mol. The van der Waals surface area contributed by atoms with Gasteiger partial charge in [-0.2, -0.15) is 0 Å². The van der Waals surface area contributed by atoms with Crippen LogP contribution in [0.25, 0.3) is 0 Å². The molecule has 0 spiro atoms. The summed E-state index contributed by atoms with van der Waals surface area (Å²) in [6, 6.07) is 0. The third-order valence-corrected chi connectivity index (χ3v) is 2.03. The number of rotatable bonds is 9. The van der Waals surface area contributed by atoms with Crippen molar-refractivity contribution in [2.45, 2.75) is 19.4 Å². The van der Waals surface area contributed by atoms with E-state index in [9.17, 15) is 9.59 Å². The number of carbonyl (C=O) groups excluding carboxylic acids is 2. The van der Waals surface area contributed by atoms with Gasteiger partial charge in [0.05, 0.1) is 6.54 Å². The molecule has 0 rings (SSSR count). The Bertz CT molecular complexity index is 336. The van der Waals surface area contributed by atoms with E-state index in [0.717, 1.165) is 24.3 Å². The van der Waals surface area contributed by atoms with Crippen LogP contribution in [0.5, 0.6) is 0 Å². The summed E-state index contributed by atoms with van der Waals surface area (Å²) in [5.74, 6) is -1.14. The number of allylic oxidation sites excluding steroid dienone is 1. The van der Waals surface area contributed by atoms with Crippen LogP contribution in [0.3, 0.4) is 0 Å². The lowest BCUT2D eigenvalue weighted by Crippen LogP contribution is -2.34. The molecule has 0 radical (unpaired) electrons. The van der Waals surface area contributed by atoms with Gasteiger partial charge >= 0.3 is 11.9 Å². The first-order valence-electron chi connectivity index (χ1n) is 5.57. The summed E-state index contributed by atoms with van der Waals surface area (Å²) in [4.78, 5) is 22.0. The van der Waals surface area contributed by atoms with Gasteiger partial charge < -0.3 is 14.8 Å². The van der Waals surface area contributed by atoms with Gasteiger partial charge in [-0.3, -0.25) is 0 Å². The quantitative estimate of drug-likeness (QED) is 0.496. The minimum absolute atomic E-state index is 0.0472. The molecule has 5 nitrogen and oxygen atoms in total. The standard InChI is InChI=1S/C13H19NO4/c1-5-10(4)14-8-11(18-13(16)7-3)9-17-12(15)6-2/h6-7,11,14H,2-5,8-9H2,1H3. The highest BCUT2D eigenvalue weighted by atomic mass is 16.6. The van der Waals surface area contributed by atoms with Crippen LogP contribution in [0, 0.1) is 0 Å². The summed E-state index contributed by atoms with van der Waals surface area (Å²) < 4.78 is 9.84. The third kappa shape index (κ3) is 7.27. The molecular formula is C13H19NO4. The van der Waals surface area contributed by atoms with Gasteiger partial charge in [0.2, 0.25) is 0 Å². The largest absolute Gasteiger partial charge is 0.459 e. The second-order valence-electron chi connectivity index (χ2n) is 3.44. The molecule has 0 aliphatic rings. The van der Waals surface area contributed by atoms with Crippen molar-refractivity contribution in [1.29, 1.82) is 0 Å². The Hall–Kier alpha value is -2.04. The van der Waals surface area contributed by atoms with Gasteiger partial charge in [0, 0.05) is 17.8 Å². The average molecular weight is 253 g/mol. The maximum atomic E-state index is 11.1. The monoisotopic (exact) mass is 253 g/mol. The Kier molecular flexibility index (Phi) is 8.01. The smallest absolute Gasteiger partial charge is 0.330 e. The van der Waals surface area contributed by atoms with Crippen molar-refractivity contribution in [2.75, 3.05) is 13.2 Å². The molecule has 0 heterocycles. The molecule has 100 valence electrons. The van der Waals surface area contributed by atoms with Crippen molar-refractivity contribution in [2.24, 2.45) is 0 Å². The highest BCUT2D eigenvalue weighted by molar-refractivity contribution is 5.82. The van der Waals surface area contributed by atoms with E-state index >= 15 is 0 Å². The first-order valence-corrected chi connectivity index (χ1v) is 5.57. The fourth-order valence-electron chi connectivity index (χ4n) is 0.964. The molecule has 0 saturated heterocycles. The van der Waals surface area contributed by atoms with Crippen LogP contribution in [0.2, 0.25) is 0 Å². The molecule has 0 bridgehead atoms. The Morgan fingerprint density at radius 3 is 2.39 bits per heavy atom. The topological polar surface area (TPSA) is 64.6 Å². The van der Waals surface area contributed by atoms with Crippen molar-refractivity contribution < 1.29 is 19.1 Å². The first-order chi connectivity index (χ1) is 8.53. The van der Waals surface area contributed by atoms with Gasteiger partial charge in [-0.25, -0.2) is 9.59 Å². The number of carbonyl (C=O) groups is 2. The van der Waals surface area contributed by atoms with E-state index in [4.69, 9.17) is 9.47 Å². The third-order valence-electron chi connectivity index (χ3n) is 2.03. The zero-order valence-electron chi connectivity index (χ0n) is 10.6. The normalized spacial score (nSPS) is 10.9. The number of ether oxygens (including phenoxy) is 2. The second-order valence-corrected chi connectivity index (χ2v) is 3.44. The molecule has 0 aliphatic carbocycles. The first kappa shape index (κ1) is 16.0. The molecule has 0 amide bonds. The van der Waals surface area contributed by atoms with E-state index in [0.29, 0.717) is 6.54 Å². The molecule has 18 heavy (non-hydrogen) atoms. The van der Waals surface area contributed by atoms with E-state index in [1.54, 1.807) is 0 Å². The zero-order chi connectivity index (χ0) is 14.0. The molecule has 1 N–H and O–H groups in total. The van der Waals surface area contributed by atoms with Crippen LogP contribution in [0.4, 0.5) is 0 Å². The Labute approximate surface area is 107 Å². The van der Waals surface area contributed by atoms with Crippen molar-refractivity contribution in [3.8, 4) is 0 Å². The van der Waals surface area contributed by atoms with Crippen LogP contribution in [0.15, 0.2) is 37.6 Å². The van der Waals surface area contributed by atoms with E-state index in [1.807, 2.05) is 6.92 Å². The van der Waals surface area contributed by atoms with Gasteiger partial charge in [0.15, 0.2) is 6.10 Å². The molecule has 0 fully saturated rings. The fourth-order valence-corrected chi connectivity index (χ4v) is 0.964. The predicted molar refractivity (Wildman–Crippen MR) is 68.7 cm³/mol. The average Bonchev–Trinajstić information content (AvgIpc) is 2.40. The summed E-state index contributed by atoms with van der Waals surface area (Å²) in [5.41, 5.74) is 0.810. The van der Waals surface area contributed by atoms with E-state index < -0.39 is 18.0 Å². The molecule has 5 heteroatoms. The second kappa shape index (κ2) is 9.04. The predicted octanol–water partition coefficient (Wildman–Crippen LogP) is 1.33. The maximum absolute atomic E-state index is 11.1. The molecule has 0 aromatic rings. The lowest BCUT2D eigenvalue weighted by molar-refractivity contribution is -0.152. The minimum atomic E-state index is -0.595. The molecule has 0 aromatic carbocycles. The van der Waals surface area contributed by atoms with Gasteiger partial charge in [-0.15, -0.1) is 0 Å². The number of esters is 2. The van der Waals surface area contributed by atoms with Gasteiger partial charge in [0.25, 0.3) is 0 Å². The summed E-state index contributed by atoms with van der Waals surface area (Å²) in [6.45, 7) is 12.5. The van der Waals surface area contributed by atoms with Crippen LogP contribution < -0.4 is 5.32 Å². The summed E-state index contributed by atoms with van der Waals surface area (Å²) in [6.07, 6.45) is 2.26. The van der Waals surface area contributed by atoms with E-state index in [2.05, 4.69) is 25.1 Å². The number of nitrogens with one attached hydrogen (secondary N) is 1. The molecule has 1 unspecified atom stereocenters. The van der Waals surface area contributed by atoms with Gasteiger partial charge in [-0.05, 0) is 6.42 Å². The van der Waals surface area contributed by atoms with E-state index in [1.165, 1.54) is 0 Å². The Morgan fingerprint density at radius 1 is 1.28 bits per heavy atom. The molecule has 0 aromatic heterocycles. The van der Waals surface area contributed by atoms with Crippen molar-refractivity contribution in [3.63, 3.8) is 0 Å². The van der Waals surface area contributed by atoms with Crippen LogP contribution in [-0.4, -0.2) is 31.2 Å². The fraction of sp³-hybridized carbons (Fsp3) is 0.385. The zero-order valence-corrected chi connectivity index (χ0v) is 10.6. The Balaban J connectivity index is 4.27. The van der Waals surface area contributed by atoms with Gasteiger partial charge in [0.1, 0.15) is 6.61 Å². The van der Waals surface area contributed by atoms with Crippen molar-refractivity contribution in [1.82, 2.24) is 5.32 Å². The SMILES string of the molecule is C=CC(=O)OCC(CNC(=C)CC)OC(=O)C=C. The van der Waals surface area contributed by atoms with Crippen molar-refractivity contribution >= 4 is 11.9 Å². The van der Waals surface area contributed by atoms with E-state index in [-0.39, 0.29) is 6.61 Å². The lowest BCUT2D eigenvalue weighted by Gasteiger charge is -2.18. The lowest BCUT2D eigenvalue weighted by atomic mass is 10.3. The molecule has 1 atom stereocenters. The highest BCUT2D eigenvalue weighted by Crippen LogP contribution is 1.98. The summed E-state index contributed by atoms with van der Waals surface area (Å²) in [5, 5.41) is 2.98. The van der Waals surface area contributed by atoms with Crippen molar-refractivity contribution in [3.05, 3.63) is 37.6 Å². The van der Waals surface area contributed by atoms with Crippen LogP contribution in [0.1, 0.15) is 13.3 Å². The highest BCUT2D eigenvalue weighted by Gasteiger charge is 2.14. The maximum Gasteiger partial charge on any atom is 0.330 e. The summed E-state index contributed by atoms with van der Waals surface area (Å²) >= 11 is 0. The number of hydrogen-bond acceptors (Lipinski definition) is 5. The summed E-state index contributed by atoms with van der Waals surface area (Å²) in [7, 11) is 0. The molecule has 0 saturated carbocycles. The van der Waals surface area contributed by atoms with Gasteiger partial charge in [-0.1, -0.05) is 26.7 Å².